The zero-order valence-corrected chi connectivity index (χ0v) is 13.5. The summed E-state index contributed by atoms with van der Waals surface area (Å²) in [5.41, 5.74) is 0. The number of piperazine rings is 1. The van der Waals surface area contributed by atoms with Crippen LogP contribution in [0.2, 0.25) is 0 Å². The van der Waals surface area contributed by atoms with E-state index >= 15 is 0 Å². The number of hydrogen-bond donors (Lipinski definition) is 1. The summed E-state index contributed by atoms with van der Waals surface area (Å²) in [6.45, 7) is 9.72. The molecule has 0 aromatic heterocycles. The van der Waals surface area contributed by atoms with E-state index in [9.17, 15) is 9.59 Å². The fourth-order valence-electron chi connectivity index (χ4n) is 3.70. The Bertz CT molecular complexity index is 413. The second-order valence-corrected chi connectivity index (χ2v) is 6.80. The van der Waals surface area contributed by atoms with Crippen molar-refractivity contribution in [2.24, 2.45) is 11.8 Å². The molecular formula is C17H28N2O2. The molecule has 2 fully saturated rings. The summed E-state index contributed by atoms with van der Waals surface area (Å²) in [4.78, 5) is 27.2. The van der Waals surface area contributed by atoms with Gasteiger partial charge < -0.3 is 10.2 Å². The number of hydrogen-bond acceptors (Lipinski definition) is 2. The van der Waals surface area contributed by atoms with Crippen LogP contribution in [-0.4, -0.2) is 34.8 Å². The first-order valence-corrected chi connectivity index (χ1v) is 8.22. The van der Waals surface area contributed by atoms with E-state index in [4.69, 9.17) is 0 Å². The van der Waals surface area contributed by atoms with Gasteiger partial charge in [0.2, 0.25) is 11.8 Å². The fraction of sp³-hybridized carbons (Fsp3) is 0.765. The van der Waals surface area contributed by atoms with E-state index in [1.807, 2.05) is 20.8 Å². The van der Waals surface area contributed by atoms with Crippen molar-refractivity contribution in [1.29, 1.82) is 0 Å². The van der Waals surface area contributed by atoms with Crippen LogP contribution in [0.4, 0.5) is 0 Å². The van der Waals surface area contributed by atoms with Crippen molar-refractivity contribution in [2.45, 2.75) is 71.0 Å². The van der Waals surface area contributed by atoms with Crippen molar-refractivity contribution in [3.63, 3.8) is 0 Å². The minimum absolute atomic E-state index is 0.00567. The summed E-state index contributed by atoms with van der Waals surface area (Å²) in [7, 11) is 0. The molecule has 1 aliphatic heterocycles. The van der Waals surface area contributed by atoms with Gasteiger partial charge in [0, 0.05) is 6.04 Å². The number of carbonyl (C=O) groups excluding carboxylic acids is 2. The van der Waals surface area contributed by atoms with Gasteiger partial charge in [-0.2, -0.15) is 0 Å². The molecule has 2 amide bonds. The molecular weight excluding hydrogens is 264 g/mol. The highest BCUT2D eigenvalue weighted by atomic mass is 16.2. The lowest BCUT2D eigenvalue weighted by Crippen LogP contribution is -2.68. The molecule has 3 unspecified atom stereocenters. The fourth-order valence-corrected chi connectivity index (χ4v) is 3.70. The van der Waals surface area contributed by atoms with Crippen molar-refractivity contribution in [1.82, 2.24) is 10.2 Å². The number of amides is 2. The number of carbonyl (C=O) groups is 2. The third-order valence-corrected chi connectivity index (χ3v) is 4.92. The third kappa shape index (κ3) is 3.14. The van der Waals surface area contributed by atoms with Crippen molar-refractivity contribution < 1.29 is 9.59 Å². The molecule has 0 aromatic rings. The van der Waals surface area contributed by atoms with Crippen LogP contribution >= 0.6 is 0 Å². The third-order valence-electron chi connectivity index (χ3n) is 4.92. The molecule has 118 valence electrons. The molecule has 1 N–H and O–H groups in total. The van der Waals surface area contributed by atoms with Crippen molar-refractivity contribution in [3.8, 4) is 0 Å². The molecule has 1 saturated carbocycles. The zero-order valence-electron chi connectivity index (χ0n) is 13.5. The first-order chi connectivity index (χ1) is 9.97. The monoisotopic (exact) mass is 292 g/mol. The lowest BCUT2D eigenvalue weighted by Gasteiger charge is -2.45. The zero-order chi connectivity index (χ0) is 15.6. The van der Waals surface area contributed by atoms with Crippen LogP contribution in [0.25, 0.3) is 0 Å². The van der Waals surface area contributed by atoms with Crippen molar-refractivity contribution in [2.75, 3.05) is 0 Å². The molecule has 0 radical (unpaired) electrons. The Morgan fingerprint density at radius 1 is 1.19 bits per heavy atom. The van der Waals surface area contributed by atoms with Gasteiger partial charge in [0.1, 0.15) is 12.1 Å². The van der Waals surface area contributed by atoms with Gasteiger partial charge >= 0.3 is 0 Å². The standard InChI is InChI=1S/C17H28N2O2/c1-5-12(4)19-15(11(2)3)16(20)18-14(17(19)21)13-9-7-6-8-10-13/h5,11-15H,1,6-10H2,2-4H3,(H,18,20). The second kappa shape index (κ2) is 6.63. The number of rotatable bonds is 4. The van der Waals surface area contributed by atoms with Gasteiger partial charge in [-0.3, -0.25) is 9.59 Å². The first-order valence-electron chi connectivity index (χ1n) is 8.22. The van der Waals surface area contributed by atoms with Crippen molar-refractivity contribution >= 4 is 11.8 Å². The van der Waals surface area contributed by atoms with Gasteiger partial charge in [0.15, 0.2) is 0 Å². The van der Waals surface area contributed by atoms with Crippen LogP contribution in [0.5, 0.6) is 0 Å². The van der Waals surface area contributed by atoms with Crippen LogP contribution in [-0.2, 0) is 9.59 Å². The Morgan fingerprint density at radius 3 is 2.33 bits per heavy atom. The predicted octanol–water partition coefficient (Wildman–Crippen LogP) is 2.49. The Hall–Kier alpha value is -1.32. The molecule has 0 aromatic carbocycles. The molecule has 4 nitrogen and oxygen atoms in total. The van der Waals surface area contributed by atoms with E-state index in [-0.39, 0.29) is 35.9 Å². The summed E-state index contributed by atoms with van der Waals surface area (Å²) in [6, 6.07) is -0.831. The SMILES string of the molecule is C=CC(C)N1C(=O)C(C2CCCCC2)NC(=O)C1C(C)C. The lowest BCUT2D eigenvalue weighted by atomic mass is 9.81. The molecule has 0 spiro atoms. The Balaban J connectivity index is 2.25. The van der Waals surface area contributed by atoms with E-state index in [2.05, 4.69) is 11.9 Å². The van der Waals surface area contributed by atoms with Crippen LogP contribution in [0.3, 0.4) is 0 Å². The number of nitrogens with zero attached hydrogens (tertiary/aromatic N) is 1. The maximum atomic E-state index is 12.9. The maximum Gasteiger partial charge on any atom is 0.246 e. The average Bonchev–Trinajstić information content (AvgIpc) is 2.48. The summed E-state index contributed by atoms with van der Waals surface area (Å²) in [5, 5.41) is 3.01. The Morgan fingerprint density at radius 2 is 1.81 bits per heavy atom. The predicted molar refractivity (Wildman–Crippen MR) is 83.6 cm³/mol. The highest BCUT2D eigenvalue weighted by Crippen LogP contribution is 2.31. The molecule has 0 bridgehead atoms. The molecule has 2 aliphatic rings. The van der Waals surface area contributed by atoms with Gasteiger partial charge in [-0.1, -0.05) is 39.2 Å². The van der Waals surface area contributed by atoms with Gasteiger partial charge in [0.25, 0.3) is 0 Å². The summed E-state index contributed by atoms with van der Waals surface area (Å²) >= 11 is 0. The summed E-state index contributed by atoms with van der Waals surface area (Å²) in [5.74, 6) is 0.466. The maximum absolute atomic E-state index is 12.9. The molecule has 4 heteroatoms. The molecule has 21 heavy (non-hydrogen) atoms. The number of nitrogens with one attached hydrogen (secondary N) is 1. The minimum Gasteiger partial charge on any atom is -0.342 e. The van der Waals surface area contributed by atoms with E-state index in [1.165, 1.54) is 6.42 Å². The normalized spacial score (nSPS) is 29.4. The van der Waals surface area contributed by atoms with Crippen LogP contribution < -0.4 is 5.32 Å². The minimum atomic E-state index is -0.384. The van der Waals surface area contributed by atoms with Gasteiger partial charge in [-0.15, -0.1) is 6.58 Å². The lowest BCUT2D eigenvalue weighted by molar-refractivity contribution is -0.154. The quantitative estimate of drug-likeness (QED) is 0.809. The second-order valence-electron chi connectivity index (χ2n) is 6.80. The van der Waals surface area contributed by atoms with Gasteiger partial charge in [-0.25, -0.2) is 0 Å². The summed E-state index contributed by atoms with van der Waals surface area (Å²) < 4.78 is 0. The highest BCUT2D eigenvalue weighted by Gasteiger charge is 2.45. The molecule has 1 saturated heterocycles. The summed E-state index contributed by atoms with van der Waals surface area (Å²) in [6.07, 6.45) is 7.40. The van der Waals surface area contributed by atoms with E-state index in [1.54, 1.807) is 11.0 Å². The molecule has 3 atom stereocenters. The van der Waals surface area contributed by atoms with E-state index in [0.717, 1.165) is 25.7 Å². The molecule has 1 heterocycles. The van der Waals surface area contributed by atoms with Crippen LogP contribution in [0.1, 0.15) is 52.9 Å². The largest absolute Gasteiger partial charge is 0.342 e. The van der Waals surface area contributed by atoms with Crippen LogP contribution in [0, 0.1) is 11.8 Å². The average molecular weight is 292 g/mol. The van der Waals surface area contributed by atoms with E-state index in [0.29, 0.717) is 5.92 Å². The molecule has 2 rings (SSSR count). The Labute approximate surface area is 128 Å². The Kier molecular flexibility index (Phi) is 5.07. The highest BCUT2D eigenvalue weighted by molar-refractivity contribution is 5.97. The van der Waals surface area contributed by atoms with Gasteiger partial charge in [0.05, 0.1) is 0 Å². The smallest absolute Gasteiger partial charge is 0.246 e. The topological polar surface area (TPSA) is 49.4 Å². The first kappa shape index (κ1) is 16.1. The van der Waals surface area contributed by atoms with Crippen molar-refractivity contribution in [3.05, 3.63) is 12.7 Å². The van der Waals surface area contributed by atoms with Crippen LogP contribution in [0.15, 0.2) is 12.7 Å². The van der Waals surface area contributed by atoms with E-state index < -0.39 is 0 Å². The van der Waals surface area contributed by atoms with Gasteiger partial charge in [-0.05, 0) is 31.6 Å². The molecule has 1 aliphatic carbocycles.